The number of aliphatic hydroxyl groups excluding tert-OH is 2. The Morgan fingerprint density at radius 1 is 1.26 bits per heavy atom. The molecule has 0 aromatic heterocycles. The lowest BCUT2D eigenvalue weighted by Crippen LogP contribution is -2.33. The van der Waals surface area contributed by atoms with E-state index in [1.54, 1.807) is 0 Å². The lowest BCUT2D eigenvalue weighted by Gasteiger charge is -2.33. The highest BCUT2D eigenvalue weighted by Gasteiger charge is 2.19. The van der Waals surface area contributed by atoms with E-state index in [4.69, 9.17) is 11.5 Å². The first-order valence-electron chi connectivity index (χ1n) is 6.84. The van der Waals surface area contributed by atoms with Crippen LogP contribution in [0.4, 0.5) is 5.69 Å². The second-order valence-electron chi connectivity index (χ2n) is 5.10. The van der Waals surface area contributed by atoms with Crippen molar-refractivity contribution in [2.24, 2.45) is 5.92 Å². The van der Waals surface area contributed by atoms with Gasteiger partial charge in [-0.05, 0) is 42.9 Å². The topological polar surface area (TPSA) is 43.7 Å². The first kappa shape index (κ1) is 13.9. The summed E-state index contributed by atoms with van der Waals surface area (Å²) in [4.78, 5) is 2.35. The van der Waals surface area contributed by atoms with Crippen LogP contribution in [0.15, 0.2) is 24.3 Å². The number of nitrogens with zero attached hydrogens (tertiary/aromatic N) is 1. The van der Waals surface area contributed by atoms with Gasteiger partial charge in [-0.3, -0.25) is 0 Å². The molecule has 3 heteroatoms. The molecule has 1 fully saturated rings. The standard InChI is InChI=1S/C16H21NO2/c1-2-16(19)14-3-5-15(6-4-14)17-10-7-13(8-11-17)9-12-18/h1,3-6,13,16,18-19H,7-12H2. The van der Waals surface area contributed by atoms with Crippen LogP contribution >= 0.6 is 0 Å². The lowest BCUT2D eigenvalue weighted by molar-refractivity contribution is 0.238. The van der Waals surface area contributed by atoms with Crippen LogP contribution in [0.1, 0.15) is 30.9 Å². The molecule has 1 aliphatic heterocycles. The molecule has 1 aromatic rings. The predicted octanol–water partition coefficient (Wildman–Crippen LogP) is 1.95. The van der Waals surface area contributed by atoms with Gasteiger partial charge in [-0.1, -0.05) is 18.1 Å². The molecular weight excluding hydrogens is 238 g/mol. The maximum absolute atomic E-state index is 9.55. The molecule has 0 spiro atoms. The fraction of sp³-hybridized carbons (Fsp3) is 0.500. The van der Waals surface area contributed by atoms with Crippen molar-refractivity contribution in [3.63, 3.8) is 0 Å². The maximum Gasteiger partial charge on any atom is 0.139 e. The highest BCUT2D eigenvalue weighted by molar-refractivity contribution is 5.48. The third kappa shape index (κ3) is 3.50. The average Bonchev–Trinajstić information content (AvgIpc) is 2.48. The molecule has 0 bridgehead atoms. The van der Waals surface area contributed by atoms with Crippen LogP contribution in [-0.4, -0.2) is 29.9 Å². The van der Waals surface area contributed by atoms with Crippen LogP contribution in [0.2, 0.25) is 0 Å². The van der Waals surface area contributed by atoms with Gasteiger partial charge in [-0.15, -0.1) is 6.42 Å². The van der Waals surface area contributed by atoms with Gasteiger partial charge in [-0.25, -0.2) is 0 Å². The molecule has 1 unspecified atom stereocenters. The summed E-state index contributed by atoms with van der Waals surface area (Å²) in [5.41, 5.74) is 1.94. The highest BCUT2D eigenvalue weighted by Crippen LogP contribution is 2.26. The van der Waals surface area contributed by atoms with E-state index < -0.39 is 6.10 Å². The second kappa shape index (κ2) is 6.60. The summed E-state index contributed by atoms with van der Waals surface area (Å²) in [6.45, 7) is 2.35. The minimum absolute atomic E-state index is 0.295. The Morgan fingerprint density at radius 2 is 1.89 bits per heavy atom. The Morgan fingerprint density at radius 3 is 2.42 bits per heavy atom. The largest absolute Gasteiger partial charge is 0.396 e. The molecule has 0 amide bonds. The van der Waals surface area contributed by atoms with Crippen molar-refractivity contribution < 1.29 is 10.2 Å². The van der Waals surface area contributed by atoms with Crippen molar-refractivity contribution in [2.45, 2.75) is 25.4 Å². The van der Waals surface area contributed by atoms with Crippen LogP contribution < -0.4 is 4.90 Å². The molecule has 1 atom stereocenters. The molecule has 102 valence electrons. The van der Waals surface area contributed by atoms with E-state index in [1.165, 1.54) is 5.69 Å². The fourth-order valence-corrected chi connectivity index (χ4v) is 2.63. The number of hydrogen-bond acceptors (Lipinski definition) is 3. The quantitative estimate of drug-likeness (QED) is 0.812. The average molecular weight is 259 g/mol. The molecule has 2 rings (SSSR count). The number of benzene rings is 1. The second-order valence-corrected chi connectivity index (χ2v) is 5.10. The third-order valence-corrected chi connectivity index (χ3v) is 3.88. The van der Waals surface area contributed by atoms with Crippen molar-refractivity contribution in [3.8, 4) is 12.3 Å². The van der Waals surface area contributed by atoms with E-state index in [0.29, 0.717) is 12.5 Å². The Labute approximate surface area is 114 Å². The predicted molar refractivity (Wildman–Crippen MR) is 76.9 cm³/mol. The van der Waals surface area contributed by atoms with Gasteiger partial charge < -0.3 is 15.1 Å². The summed E-state index contributed by atoms with van der Waals surface area (Å²) in [5.74, 6) is 2.97. The van der Waals surface area contributed by atoms with Crippen molar-refractivity contribution in [1.82, 2.24) is 0 Å². The first-order chi connectivity index (χ1) is 9.24. The van der Waals surface area contributed by atoms with Gasteiger partial charge in [-0.2, -0.15) is 0 Å². The minimum Gasteiger partial charge on any atom is -0.396 e. The van der Waals surface area contributed by atoms with Gasteiger partial charge in [0, 0.05) is 25.4 Å². The summed E-state index contributed by atoms with van der Waals surface area (Å²) < 4.78 is 0. The summed E-state index contributed by atoms with van der Waals surface area (Å²) in [5, 5.41) is 18.5. The van der Waals surface area contributed by atoms with E-state index in [1.807, 2.05) is 24.3 Å². The van der Waals surface area contributed by atoms with Crippen LogP contribution in [-0.2, 0) is 0 Å². The van der Waals surface area contributed by atoms with E-state index in [9.17, 15) is 5.11 Å². The van der Waals surface area contributed by atoms with Gasteiger partial charge in [0.1, 0.15) is 6.10 Å². The number of rotatable bonds is 4. The number of piperidine rings is 1. The molecule has 1 aliphatic rings. The van der Waals surface area contributed by atoms with Crippen LogP contribution in [0, 0.1) is 18.3 Å². The third-order valence-electron chi connectivity index (χ3n) is 3.88. The molecule has 2 N–H and O–H groups in total. The summed E-state index contributed by atoms with van der Waals surface area (Å²) in [6.07, 6.45) is 7.57. The van der Waals surface area contributed by atoms with Crippen molar-refractivity contribution in [3.05, 3.63) is 29.8 Å². The minimum atomic E-state index is -0.815. The van der Waals surface area contributed by atoms with Crippen LogP contribution in [0.5, 0.6) is 0 Å². The van der Waals surface area contributed by atoms with Gasteiger partial charge >= 0.3 is 0 Å². The smallest absolute Gasteiger partial charge is 0.139 e. The van der Waals surface area contributed by atoms with E-state index >= 15 is 0 Å². The van der Waals surface area contributed by atoms with Crippen LogP contribution in [0.25, 0.3) is 0 Å². The molecule has 0 aliphatic carbocycles. The molecular formula is C16H21NO2. The Kier molecular flexibility index (Phi) is 4.84. The van der Waals surface area contributed by atoms with Gasteiger partial charge in [0.2, 0.25) is 0 Å². The molecule has 0 saturated carbocycles. The Bertz CT molecular complexity index is 427. The SMILES string of the molecule is C#CC(O)c1ccc(N2CCC(CCO)CC2)cc1. The fourth-order valence-electron chi connectivity index (χ4n) is 2.63. The molecule has 0 radical (unpaired) electrons. The normalized spacial score (nSPS) is 18.1. The maximum atomic E-state index is 9.55. The van der Waals surface area contributed by atoms with Crippen molar-refractivity contribution >= 4 is 5.69 Å². The zero-order valence-corrected chi connectivity index (χ0v) is 11.1. The first-order valence-corrected chi connectivity index (χ1v) is 6.84. The zero-order valence-electron chi connectivity index (χ0n) is 11.1. The summed E-state index contributed by atoms with van der Waals surface area (Å²) in [7, 11) is 0. The summed E-state index contributed by atoms with van der Waals surface area (Å²) >= 11 is 0. The van der Waals surface area contributed by atoms with Crippen LogP contribution in [0.3, 0.4) is 0 Å². The van der Waals surface area contributed by atoms with Gasteiger partial charge in [0.25, 0.3) is 0 Å². The zero-order chi connectivity index (χ0) is 13.7. The van der Waals surface area contributed by atoms with E-state index in [-0.39, 0.29) is 0 Å². The van der Waals surface area contributed by atoms with E-state index in [2.05, 4.69) is 10.8 Å². The molecule has 3 nitrogen and oxygen atoms in total. The Hall–Kier alpha value is -1.50. The number of terminal acetylenes is 1. The lowest BCUT2D eigenvalue weighted by atomic mass is 9.93. The molecule has 19 heavy (non-hydrogen) atoms. The molecule has 1 aromatic carbocycles. The van der Waals surface area contributed by atoms with Crippen molar-refractivity contribution in [2.75, 3.05) is 24.6 Å². The molecule has 1 heterocycles. The van der Waals surface area contributed by atoms with Gasteiger partial charge in [0.15, 0.2) is 0 Å². The number of anilines is 1. The molecule has 1 saturated heterocycles. The van der Waals surface area contributed by atoms with E-state index in [0.717, 1.165) is 37.9 Å². The highest BCUT2D eigenvalue weighted by atomic mass is 16.3. The monoisotopic (exact) mass is 259 g/mol. The van der Waals surface area contributed by atoms with Gasteiger partial charge in [0.05, 0.1) is 0 Å². The Balaban J connectivity index is 1.95. The number of aliphatic hydroxyl groups is 2. The van der Waals surface area contributed by atoms with Crippen molar-refractivity contribution in [1.29, 1.82) is 0 Å². The number of hydrogen-bond donors (Lipinski definition) is 2. The summed E-state index contributed by atoms with van der Waals surface area (Å²) in [6, 6.07) is 7.81.